The van der Waals surface area contributed by atoms with Crippen LogP contribution < -0.4 is 11.1 Å². The van der Waals surface area contributed by atoms with E-state index in [1.165, 1.54) is 6.42 Å². The minimum Gasteiger partial charge on any atom is -0.368 e. The average molecular weight is 234 g/mol. The lowest BCUT2D eigenvalue weighted by atomic mass is 9.99. The van der Waals surface area contributed by atoms with Crippen molar-refractivity contribution in [3.8, 4) is 0 Å². The van der Waals surface area contributed by atoms with E-state index in [0.717, 1.165) is 38.9 Å². The van der Waals surface area contributed by atoms with Crippen molar-refractivity contribution < 1.29 is 4.79 Å². The molecule has 2 saturated heterocycles. The fraction of sp³-hybridized carbons (Fsp3) is 0.900. The van der Waals surface area contributed by atoms with Gasteiger partial charge in [0.2, 0.25) is 5.91 Å². The lowest BCUT2D eigenvalue weighted by molar-refractivity contribution is -0.125. The number of nitrogens with two attached hydrogens (primary N) is 1. The standard InChI is InChI=1S/C10H19N3O.ClH/c11-10(14)9-3-1-2-6-13(9)8-4-5-12-7-8;/h8-9,12H,1-7H2,(H2,11,14);1H. The Kier molecular flexibility index (Phi) is 4.83. The molecule has 2 aliphatic heterocycles. The van der Waals surface area contributed by atoms with Crippen LogP contribution in [0.5, 0.6) is 0 Å². The van der Waals surface area contributed by atoms with Crippen LogP contribution in [0.1, 0.15) is 25.7 Å². The van der Waals surface area contributed by atoms with E-state index in [1.807, 2.05) is 0 Å². The number of carbonyl (C=O) groups is 1. The molecule has 2 aliphatic rings. The smallest absolute Gasteiger partial charge is 0.234 e. The van der Waals surface area contributed by atoms with Gasteiger partial charge in [-0.25, -0.2) is 0 Å². The van der Waals surface area contributed by atoms with Gasteiger partial charge in [-0.3, -0.25) is 9.69 Å². The van der Waals surface area contributed by atoms with Gasteiger partial charge in [0.1, 0.15) is 0 Å². The van der Waals surface area contributed by atoms with Gasteiger partial charge in [0.15, 0.2) is 0 Å². The highest BCUT2D eigenvalue weighted by Crippen LogP contribution is 2.21. The van der Waals surface area contributed by atoms with E-state index in [0.29, 0.717) is 6.04 Å². The number of likely N-dealkylation sites (tertiary alicyclic amines) is 1. The molecule has 0 aromatic heterocycles. The summed E-state index contributed by atoms with van der Waals surface area (Å²) in [5.41, 5.74) is 5.42. The summed E-state index contributed by atoms with van der Waals surface area (Å²) >= 11 is 0. The maximum atomic E-state index is 11.3. The van der Waals surface area contributed by atoms with Crippen LogP contribution in [0.2, 0.25) is 0 Å². The first kappa shape index (κ1) is 12.7. The summed E-state index contributed by atoms with van der Waals surface area (Å²) in [4.78, 5) is 13.6. The Morgan fingerprint density at radius 1 is 1.33 bits per heavy atom. The number of hydrogen-bond acceptors (Lipinski definition) is 3. The van der Waals surface area contributed by atoms with Gasteiger partial charge in [0.05, 0.1) is 6.04 Å². The van der Waals surface area contributed by atoms with E-state index in [9.17, 15) is 4.79 Å². The topological polar surface area (TPSA) is 58.4 Å². The van der Waals surface area contributed by atoms with E-state index < -0.39 is 0 Å². The summed E-state index contributed by atoms with van der Waals surface area (Å²) in [5.74, 6) is -0.142. The minimum absolute atomic E-state index is 0. The van der Waals surface area contributed by atoms with Crippen LogP contribution in [0.3, 0.4) is 0 Å². The van der Waals surface area contributed by atoms with Crippen molar-refractivity contribution in [2.75, 3.05) is 19.6 Å². The van der Waals surface area contributed by atoms with Crippen molar-refractivity contribution in [1.29, 1.82) is 0 Å². The van der Waals surface area contributed by atoms with Crippen molar-refractivity contribution in [2.24, 2.45) is 5.73 Å². The third-order valence-corrected chi connectivity index (χ3v) is 3.38. The van der Waals surface area contributed by atoms with Crippen LogP contribution in [0.15, 0.2) is 0 Å². The lowest BCUT2D eigenvalue weighted by Gasteiger charge is -2.37. The molecule has 2 fully saturated rings. The highest BCUT2D eigenvalue weighted by Gasteiger charge is 2.33. The lowest BCUT2D eigenvalue weighted by Crippen LogP contribution is -2.52. The Morgan fingerprint density at radius 2 is 2.13 bits per heavy atom. The average Bonchev–Trinajstić information content (AvgIpc) is 2.70. The first-order valence-electron chi connectivity index (χ1n) is 5.55. The van der Waals surface area contributed by atoms with E-state index >= 15 is 0 Å². The largest absolute Gasteiger partial charge is 0.368 e. The summed E-state index contributed by atoms with van der Waals surface area (Å²) in [5, 5.41) is 3.34. The molecule has 1 amide bonds. The summed E-state index contributed by atoms with van der Waals surface area (Å²) in [6, 6.07) is 0.529. The van der Waals surface area contributed by atoms with Crippen LogP contribution in [-0.4, -0.2) is 42.5 Å². The summed E-state index contributed by atoms with van der Waals surface area (Å²) in [6.07, 6.45) is 4.46. The molecule has 0 radical (unpaired) electrons. The number of hydrogen-bond donors (Lipinski definition) is 2. The second kappa shape index (κ2) is 5.68. The highest BCUT2D eigenvalue weighted by atomic mass is 35.5. The minimum atomic E-state index is -0.142. The Balaban J connectivity index is 0.00000112. The van der Waals surface area contributed by atoms with Crippen molar-refractivity contribution in [3.63, 3.8) is 0 Å². The molecule has 2 unspecified atom stereocenters. The first-order chi connectivity index (χ1) is 6.79. The zero-order valence-electron chi connectivity index (χ0n) is 8.95. The molecule has 4 nitrogen and oxygen atoms in total. The van der Waals surface area contributed by atoms with E-state index in [2.05, 4.69) is 10.2 Å². The number of carbonyl (C=O) groups excluding carboxylic acids is 1. The molecule has 2 heterocycles. The maximum Gasteiger partial charge on any atom is 0.234 e. The molecule has 88 valence electrons. The zero-order chi connectivity index (χ0) is 9.97. The van der Waals surface area contributed by atoms with Gasteiger partial charge in [-0.1, -0.05) is 6.42 Å². The predicted octanol–water partition coefficient (Wildman–Crippen LogP) is 0.110. The van der Waals surface area contributed by atoms with Crippen LogP contribution in [-0.2, 0) is 4.79 Å². The number of halogens is 1. The molecular formula is C10H20ClN3O. The number of amides is 1. The molecule has 0 spiro atoms. The van der Waals surface area contributed by atoms with Gasteiger partial charge in [-0.15, -0.1) is 12.4 Å². The molecule has 2 rings (SSSR count). The molecule has 0 aromatic rings. The summed E-state index contributed by atoms with van der Waals surface area (Å²) < 4.78 is 0. The number of primary amides is 1. The molecule has 0 bridgehead atoms. The van der Waals surface area contributed by atoms with Gasteiger partial charge in [-0.2, -0.15) is 0 Å². The van der Waals surface area contributed by atoms with Crippen LogP contribution in [0.25, 0.3) is 0 Å². The van der Waals surface area contributed by atoms with Gasteiger partial charge in [-0.05, 0) is 32.4 Å². The van der Waals surface area contributed by atoms with Crippen molar-refractivity contribution in [1.82, 2.24) is 10.2 Å². The molecule has 0 aromatic carbocycles. The maximum absolute atomic E-state index is 11.3. The Labute approximate surface area is 97.0 Å². The van der Waals surface area contributed by atoms with Crippen molar-refractivity contribution in [2.45, 2.75) is 37.8 Å². The molecule has 2 atom stereocenters. The summed E-state index contributed by atoms with van der Waals surface area (Å²) in [7, 11) is 0. The van der Waals surface area contributed by atoms with E-state index in [-0.39, 0.29) is 24.4 Å². The van der Waals surface area contributed by atoms with E-state index in [4.69, 9.17) is 5.73 Å². The van der Waals surface area contributed by atoms with Crippen LogP contribution in [0, 0.1) is 0 Å². The summed E-state index contributed by atoms with van der Waals surface area (Å²) in [6.45, 7) is 3.14. The van der Waals surface area contributed by atoms with Gasteiger partial charge in [0.25, 0.3) is 0 Å². The Morgan fingerprint density at radius 3 is 2.73 bits per heavy atom. The number of nitrogens with zero attached hydrogens (tertiary/aromatic N) is 1. The van der Waals surface area contributed by atoms with Crippen LogP contribution in [0.4, 0.5) is 0 Å². The van der Waals surface area contributed by atoms with Crippen molar-refractivity contribution in [3.05, 3.63) is 0 Å². The third-order valence-electron chi connectivity index (χ3n) is 3.38. The molecule has 0 aliphatic carbocycles. The Hall–Kier alpha value is -0.320. The second-order valence-electron chi connectivity index (χ2n) is 4.30. The number of piperidine rings is 1. The molecule has 3 N–H and O–H groups in total. The molecular weight excluding hydrogens is 214 g/mol. The number of nitrogens with one attached hydrogen (secondary N) is 1. The zero-order valence-corrected chi connectivity index (χ0v) is 9.76. The predicted molar refractivity (Wildman–Crippen MR) is 62.1 cm³/mol. The first-order valence-corrected chi connectivity index (χ1v) is 5.55. The molecule has 5 heteroatoms. The number of rotatable bonds is 2. The Bertz CT molecular complexity index is 219. The van der Waals surface area contributed by atoms with Crippen molar-refractivity contribution >= 4 is 18.3 Å². The van der Waals surface area contributed by atoms with Gasteiger partial charge >= 0.3 is 0 Å². The fourth-order valence-electron chi connectivity index (χ4n) is 2.62. The molecule has 0 saturated carbocycles. The molecule has 15 heavy (non-hydrogen) atoms. The normalized spacial score (nSPS) is 32.3. The van der Waals surface area contributed by atoms with Gasteiger partial charge in [0, 0.05) is 12.6 Å². The monoisotopic (exact) mass is 233 g/mol. The fourth-order valence-corrected chi connectivity index (χ4v) is 2.62. The van der Waals surface area contributed by atoms with E-state index in [1.54, 1.807) is 0 Å². The quantitative estimate of drug-likeness (QED) is 0.712. The SMILES string of the molecule is Cl.NC(=O)C1CCCCN1C1CCNC1. The second-order valence-corrected chi connectivity index (χ2v) is 4.30. The highest BCUT2D eigenvalue weighted by molar-refractivity contribution is 5.85. The third kappa shape index (κ3) is 2.83. The van der Waals surface area contributed by atoms with Crippen LogP contribution >= 0.6 is 12.4 Å². The van der Waals surface area contributed by atoms with Gasteiger partial charge < -0.3 is 11.1 Å².